The maximum absolute atomic E-state index is 13.0. The molecule has 0 radical (unpaired) electrons. The Labute approximate surface area is 161 Å². The monoisotopic (exact) mass is 422 g/mol. The normalized spacial score (nSPS) is 17.7. The summed E-state index contributed by atoms with van der Waals surface area (Å²) in [5, 5.41) is 1.07. The summed E-state index contributed by atoms with van der Waals surface area (Å²) >= 11 is 5.00. The van der Waals surface area contributed by atoms with E-state index < -0.39 is 0 Å². The second-order valence-corrected chi connectivity index (χ2v) is 8.29. The molecule has 0 spiro atoms. The summed E-state index contributed by atoms with van der Waals surface area (Å²) in [6.07, 6.45) is 3.14. The predicted molar refractivity (Wildman–Crippen MR) is 104 cm³/mol. The van der Waals surface area contributed by atoms with Gasteiger partial charge in [0.05, 0.1) is 23.9 Å². The van der Waals surface area contributed by atoms with Crippen molar-refractivity contribution < 1.29 is 9.53 Å². The largest absolute Gasteiger partial charge is 0.370 e. The number of ether oxygens (including phenoxy) is 1. The van der Waals surface area contributed by atoms with Gasteiger partial charge in [-0.3, -0.25) is 4.79 Å². The van der Waals surface area contributed by atoms with E-state index in [4.69, 9.17) is 4.74 Å². The maximum atomic E-state index is 13.0. The van der Waals surface area contributed by atoms with Gasteiger partial charge < -0.3 is 9.64 Å². The second-order valence-electron chi connectivity index (χ2n) is 6.29. The molecular weight excluding hydrogens is 400 g/mol. The van der Waals surface area contributed by atoms with Crippen molar-refractivity contribution >= 4 is 33.2 Å². The number of amides is 1. The lowest BCUT2D eigenvalue weighted by molar-refractivity contribution is -0.0227. The number of thiazole rings is 1. The summed E-state index contributed by atoms with van der Waals surface area (Å²) in [6, 6.07) is 8.10. The minimum absolute atomic E-state index is 0.0708. The van der Waals surface area contributed by atoms with Crippen molar-refractivity contribution in [3.63, 3.8) is 0 Å². The van der Waals surface area contributed by atoms with Gasteiger partial charge in [-0.1, -0.05) is 41.4 Å². The molecule has 2 aromatic rings. The number of aromatic nitrogens is 1. The number of carbonyl (C=O) groups excluding carboxylic acids is 1. The Morgan fingerprint density at radius 3 is 2.88 bits per heavy atom. The number of hydrogen-bond donors (Lipinski definition) is 0. The Bertz CT molecular complexity index is 730. The summed E-state index contributed by atoms with van der Waals surface area (Å²) < 4.78 is 6.93. The lowest BCUT2D eigenvalue weighted by Gasteiger charge is -2.33. The van der Waals surface area contributed by atoms with Crippen LogP contribution >= 0.6 is 27.3 Å². The number of aryl methyl sites for hydroxylation is 2. The minimum atomic E-state index is -0.0708. The smallest absolute Gasteiger partial charge is 0.266 e. The molecule has 134 valence electrons. The van der Waals surface area contributed by atoms with Gasteiger partial charge in [0.15, 0.2) is 0 Å². The van der Waals surface area contributed by atoms with Crippen LogP contribution in [-0.4, -0.2) is 35.5 Å². The van der Waals surface area contributed by atoms with E-state index >= 15 is 0 Å². The van der Waals surface area contributed by atoms with Crippen molar-refractivity contribution in [3.8, 4) is 0 Å². The molecule has 0 N–H and O–H groups in total. The van der Waals surface area contributed by atoms with Crippen LogP contribution in [0.3, 0.4) is 0 Å². The van der Waals surface area contributed by atoms with Crippen LogP contribution in [0.5, 0.6) is 0 Å². The highest BCUT2D eigenvalue weighted by Gasteiger charge is 2.28. The Morgan fingerprint density at radius 2 is 2.16 bits per heavy atom. The third kappa shape index (κ3) is 4.49. The topological polar surface area (TPSA) is 42.4 Å². The fourth-order valence-electron chi connectivity index (χ4n) is 2.94. The van der Waals surface area contributed by atoms with Gasteiger partial charge in [-0.05, 0) is 37.5 Å². The molecule has 0 aliphatic carbocycles. The van der Waals surface area contributed by atoms with Crippen molar-refractivity contribution in [2.75, 3.05) is 19.7 Å². The van der Waals surface area contributed by atoms with Gasteiger partial charge in [-0.2, -0.15) is 0 Å². The average Bonchev–Trinajstić information content (AvgIpc) is 3.00. The first-order valence-corrected chi connectivity index (χ1v) is 10.3. The lowest BCUT2D eigenvalue weighted by Crippen LogP contribution is -2.42. The third-order valence-corrected chi connectivity index (χ3v) is 6.11. The van der Waals surface area contributed by atoms with Crippen molar-refractivity contribution in [2.45, 2.75) is 39.2 Å². The highest BCUT2D eigenvalue weighted by atomic mass is 79.9. The molecule has 1 fully saturated rings. The van der Waals surface area contributed by atoms with E-state index in [1.54, 1.807) is 11.3 Å². The van der Waals surface area contributed by atoms with Crippen LogP contribution in [0.25, 0.3) is 0 Å². The molecule has 1 atom stereocenters. The molecule has 2 heterocycles. The van der Waals surface area contributed by atoms with Crippen LogP contribution in [0.1, 0.15) is 51.8 Å². The molecule has 6 heteroatoms. The molecule has 1 aliphatic heterocycles. The van der Waals surface area contributed by atoms with E-state index in [-0.39, 0.29) is 12.0 Å². The quantitative estimate of drug-likeness (QED) is 0.696. The van der Waals surface area contributed by atoms with Gasteiger partial charge in [-0.15, -0.1) is 11.3 Å². The molecule has 1 amide bonds. The molecule has 4 nitrogen and oxygen atoms in total. The van der Waals surface area contributed by atoms with Crippen LogP contribution in [0.15, 0.2) is 28.7 Å². The number of halogens is 1. The number of nitrogens with zero attached hydrogens (tertiary/aromatic N) is 2. The molecule has 25 heavy (non-hydrogen) atoms. The van der Waals surface area contributed by atoms with E-state index in [0.717, 1.165) is 44.9 Å². The number of hydrogen-bond acceptors (Lipinski definition) is 4. The Kier molecular flexibility index (Phi) is 6.25. The van der Waals surface area contributed by atoms with Gasteiger partial charge >= 0.3 is 0 Å². The molecule has 0 bridgehead atoms. The zero-order chi connectivity index (χ0) is 17.8. The molecule has 0 saturated carbocycles. The molecule has 1 unspecified atom stereocenters. The number of morpholine rings is 1. The van der Waals surface area contributed by atoms with E-state index in [0.29, 0.717) is 19.7 Å². The summed E-state index contributed by atoms with van der Waals surface area (Å²) in [4.78, 5) is 20.2. The highest BCUT2D eigenvalue weighted by molar-refractivity contribution is 9.10. The SMILES string of the molecule is CCCCc1nc(C)c(C(=O)N2CCOC(c3ccc(Br)cc3)C2)s1. The van der Waals surface area contributed by atoms with E-state index in [1.165, 1.54) is 0 Å². The molecule has 3 rings (SSSR count). The number of carbonyl (C=O) groups is 1. The fourth-order valence-corrected chi connectivity index (χ4v) is 4.28. The van der Waals surface area contributed by atoms with Crippen molar-refractivity contribution in [3.05, 3.63) is 49.9 Å². The number of rotatable bonds is 5. The first-order chi connectivity index (χ1) is 12.1. The van der Waals surface area contributed by atoms with E-state index in [9.17, 15) is 4.79 Å². The standard InChI is InChI=1S/C19H23BrN2O2S/c1-3-4-5-17-21-13(2)18(25-17)19(23)22-10-11-24-16(12-22)14-6-8-15(20)9-7-14/h6-9,16H,3-5,10-12H2,1-2H3. The zero-order valence-corrected chi connectivity index (χ0v) is 17.0. The zero-order valence-electron chi connectivity index (χ0n) is 14.6. The van der Waals surface area contributed by atoms with Gasteiger partial charge in [0.2, 0.25) is 0 Å². The first-order valence-electron chi connectivity index (χ1n) is 8.71. The molecule has 1 aromatic heterocycles. The Morgan fingerprint density at radius 1 is 1.40 bits per heavy atom. The van der Waals surface area contributed by atoms with Crippen LogP contribution in [0.2, 0.25) is 0 Å². The van der Waals surface area contributed by atoms with Gasteiger partial charge in [-0.25, -0.2) is 4.98 Å². The van der Waals surface area contributed by atoms with Crippen LogP contribution in [-0.2, 0) is 11.2 Å². The molecular formula is C19H23BrN2O2S. The molecule has 1 aliphatic rings. The van der Waals surface area contributed by atoms with Gasteiger partial charge in [0.1, 0.15) is 11.0 Å². The summed E-state index contributed by atoms with van der Waals surface area (Å²) in [5.74, 6) is 0.0863. The Balaban J connectivity index is 1.71. The first kappa shape index (κ1) is 18.5. The Hall–Kier alpha value is -1.24. The van der Waals surface area contributed by atoms with Crippen LogP contribution < -0.4 is 0 Å². The van der Waals surface area contributed by atoms with Crippen molar-refractivity contribution in [1.82, 2.24) is 9.88 Å². The van der Waals surface area contributed by atoms with Crippen molar-refractivity contribution in [1.29, 1.82) is 0 Å². The second kappa shape index (κ2) is 8.43. The lowest BCUT2D eigenvalue weighted by atomic mass is 10.1. The summed E-state index contributed by atoms with van der Waals surface area (Å²) in [5.41, 5.74) is 1.96. The van der Waals surface area contributed by atoms with Gasteiger partial charge in [0.25, 0.3) is 5.91 Å². The predicted octanol–water partition coefficient (Wildman–Crippen LogP) is 4.77. The third-order valence-electron chi connectivity index (χ3n) is 4.37. The number of unbranched alkanes of at least 4 members (excludes halogenated alkanes) is 1. The maximum Gasteiger partial charge on any atom is 0.266 e. The molecule has 1 aromatic carbocycles. The molecule has 1 saturated heterocycles. The summed E-state index contributed by atoms with van der Waals surface area (Å²) in [7, 11) is 0. The van der Waals surface area contributed by atoms with E-state index in [2.05, 4.69) is 27.8 Å². The fraction of sp³-hybridized carbons (Fsp3) is 0.474. The van der Waals surface area contributed by atoms with Crippen molar-refractivity contribution in [2.24, 2.45) is 0 Å². The highest BCUT2D eigenvalue weighted by Crippen LogP contribution is 2.27. The summed E-state index contributed by atoms with van der Waals surface area (Å²) in [6.45, 7) is 5.89. The van der Waals surface area contributed by atoms with Gasteiger partial charge in [0, 0.05) is 11.0 Å². The van der Waals surface area contributed by atoms with E-state index in [1.807, 2.05) is 36.1 Å². The number of benzene rings is 1. The average molecular weight is 423 g/mol. The minimum Gasteiger partial charge on any atom is -0.370 e. The van der Waals surface area contributed by atoms with Crippen LogP contribution in [0, 0.1) is 6.92 Å². The van der Waals surface area contributed by atoms with Crippen LogP contribution in [0.4, 0.5) is 0 Å².